The molecule has 0 radical (unpaired) electrons. The van der Waals surface area contributed by atoms with E-state index in [-0.39, 0.29) is 17.6 Å². The number of hydrogen-bond acceptors (Lipinski definition) is 6. The molecule has 3 atom stereocenters. The monoisotopic (exact) mass is 505 g/mol. The number of likely N-dealkylation sites (tertiary alicyclic amines) is 1. The van der Waals surface area contributed by atoms with Crippen molar-refractivity contribution >= 4 is 29.2 Å². The second kappa shape index (κ2) is 9.19. The van der Waals surface area contributed by atoms with Crippen LogP contribution in [0.3, 0.4) is 0 Å². The fourth-order valence-corrected chi connectivity index (χ4v) is 5.36. The van der Waals surface area contributed by atoms with E-state index >= 15 is 4.39 Å². The molecule has 1 aliphatic heterocycles. The highest BCUT2D eigenvalue weighted by Crippen LogP contribution is 2.43. The zero-order valence-corrected chi connectivity index (χ0v) is 19.8. The largest absolute Gasteiger partial charge is 0.481 e. The first-order valence-corrected chi connectivity index (χ1v) is 11.6. The van der Waals surface area contributed by atoms with Gasteiger partial charge in [-0.2, -0.15) is 0 Å². The number of esters is 1. The Bertz CT molecular complexity index is 1250. The van der Waals surface area contributed by atoms with E-state index in [1.807, 2.05) is 0 Å². The highest BCUT2D eigenvalue weighted by Gasteiger charge is 2.42. The molecule has 2 aliphatic rings. The highest BCUT2D eigenvalue weighted by atomic mass is 35.5. The van der Waals surface area contributed by atoms with Gasteiger partial charge in [-0.25, -0.2) is 14.2 Å². The molecule has 0 amide bonds. The van der Waals surface area contributed by atoms with E-state index in [1.54, 1.807) is 24.4 Å². The summed E-state index contributed by atoms with van der Waals surface area (Å²) < 4.78 is 27.6. The molecule has 2 aromatic carbocycles. The molecule has 1 aromatic heterocycles. The molecule has 10 heteroatoms. The number of carbonyl (C=O) groups is 1. The lowest BCUT2D eigenvalue weighted by atomic mass is 10.1. The van der Waals surface area contributed by atoms with Crippen molar-refractivity contribution in [3.63, 3.8) is 0 Å². The Morgan fingerprint density at radius 1 is 1.26 bits per heavy atom. The minimum Gasteiger partial charge on any atom is -0.481 e. The number of rotatable bonds is 5. The van der Waals surface area contributed by atoms with Crippen molar-refractivity contribution in [1.82, 2.24) is 14.5 Å². The number of halogens is 3. The van der Waals surface area contributed by atoms with E-state index in [0.717, 1.165) is 11.1 Å². The van der Waals surface area contributed by atoms with Crippen molar-refractivity contribution < 1.29 is 23.8 Å². The summed E-state index contributed by atoms with van der Waals surface area (Å²) in [6.07, 6.45) is 3.35. The van der Waals surface area contributed by atoms with Crippen molar-refractivity contribution in [3.05, 3.63) is 75.5 Å². The van der Waals surface area contributed by atoms with Gasteiger partial charge in [0.05, 0.1) is 24.9 Å². The number of β-amino-alcohol motifs (C(OH)–C–C–N with tert-alkyl or cyclic N) is 1. The molecule has 0 unspecified atom stereocenters. The van der Waals surface area contributed by atoms with Crippen LogP contribution in [0.15, 0.2) is 42.7 Å². The van der Waals surface area contributed by atoms with Crippen LogP contribution in [0.1, 0.15) is 34.3 Å². The van der Waals surface area contributed by atoms with E-state index in [4.69, 9.17) is 32.7 Å². The zero-order valence-electron chi connectivity index (χ0n) is 18.2. The molecule has 0 saturated carbocycles. The zero-order chi connectivity index (χ0) is 24.0. The fraction of sp³-hybridized carbons (Fsp3) is 0.333. The van der Waals surface area contributed by atoms with Crippen LogP contribution < -0.4 is 4.74 Å². The third-order valence-electron chi connectivity index (χ3n) is 6.38. The summed E-state index contributed by atoms with van der Waals surface area (Å²) in [7, 11) is 1.26. The molecule has 1 aliphatic carbocycles. The summed E-state index contributed by atoms with van der Waals surface area (Å²) in [6.45, 7) is 1.23. The molecule has 3 aromatic rings. The normalized spacial score (nSPS) is 22.1. The molecule has 2 heterocycles. The van der Waals surface area contributed by atoms with E-state index in [2.05, 4.69) is 9.88 Å². The minimum absolute atomic E-state index is 0.0391. The van der Waals surface area contributed by atoms with Gasteiger partial charge in [0.1, 0.15) is 6.10 Å². The summed E-state index contributed by atoms with van der Waals surface area (Å²) in [6, 6.07) is 7.81. The first-order valence-electron chi connectivity index (χ1n) is 10.8. The maximum atomic E-state index is 15.2. The standard InChI is InChI=1S/C24H22Cl2FN3O4/c1-33-24(32)23-28-5-7-30(23)14-2-3-21(19(27)10-14)34-22-17-8-13(25)9-18(26)16(17)11-20(22)29-6-4-15(31)12-29/h2-3,5,7-10,15,20,22,31H,4,6,11-12H2,1H3/t15-,20-,22+/m1/s1. The van der Waals surface area contributed by atoms with Crippen LogP contribution in [0.2, 0.25) is 10.0 Å². The van der Waals surface area contributed by atoms with Crippen LogP contribution in [0, 0.1) is 5.82 Å². The van der Waals surface area contributed by atoms with Crippen molar-refractivity contribution in [1.29, 1.82) is 0 Å². The van der Waals surface area contributed by atoms with E-state index in [1.165, 1.54) is 30.0 Å². The lowest BCUT2D eigenvalue weighted by molar-refractivity contribution is 0.0584. The second-order valence-electron chi connectivity index (χ2n) is 8.43. The number of carbonyl (C=O) groups excluding carboxylic acids is 1. The Morgan fingerprint density at radius 2 is 2.09 bits per heavy atom. The average Bonchev–Trinajstić information content (AvgIpc) is 3.53. The Labute approximate surface area is 205 Å². The SMILES string of the molecule is COC(=O)c1nccn1-c1ccc(O[C@H]2c3cc(Cl)cc(Cl)c3C[C@H]2N2CC[C@@H](O)C2)c(F)c1. The number of aliphatic hydroxyl groups is 1. The number of nitrogens with zero attached hydrogens (tertiary/aromatic N) is 3. The highest BCUT2D eigenvalue weighted by molar-refractivity contribution is 6.35. The number of imidazole rings is 1. The van der Waals surface area contributed by atoms with Crippen LogP contribution in [0.4, 0.5) is 4.39 Å². The molecule has 7 nitrogen and oxygen atoms in total. The van der Waals surface area contributed by atoms with Gasteiger partial charge in [0.2, 0.25) is 5.82 Å². The van der Waals surface area contributed by atoms with Gasteiger partial charge in [-0.05, 0) is 42.7 Å². The van der Waals surface area contributed by atoms with Crippen LogP contribution in [-0.4, -0.2) is 57.9 Å². The third-order valence-corrected chi connectivity index (χ3v) is 6.94. The third kappa shape index (κ3) is 4.15. The van der Waals surface area contributed by atoms with Gasteiger partial charge in [-0.15, -0.1) is 0 Å². The summed E-state index contributed by atoms with van der Waals surface area (Å²) in [4.78, 5) is 18.1. The maximum Gasteiger partial charge on any atom is 0.374 e. The first-order chi connectivity index (χ1) is 16.4. The lowest BCUT2D eigenvalue weighted by Crippen LogP contribution is -2.39. The second-order valence-corrected chi connectivity index (χ2v) is 9.27. The summed E-state index contributed by atoms with van der Waals surface area (Å²) in [5, 5.41) is 11.1. The molecule has 34 heavy (non-hydrogen) atoms. The number of methoxy groups -OCH3 is 1. The van der Waals surface area contributed by atoms with Crippen molar-refractivity contribution in [3.8, 4) is 11.4 Å². The van der Waals surface area contributed by atoms with Gasteiger partial charge in [0.25, 0.3) is 0 Å². The summed E-state index contributed by atoms with van der Waals surface area (Å²) in [5.74, 6) is -1.12. The number of fused-ring (bicyclic) bond motifs is 1. The fourth-order valence-electron chi connectivity index (χ4n) is 4.77. The Kier molecular flexibility index (Phi) is 6.24. The summed E-state index contributed by atoms with van der Waals surface area (Å²) in [5.41, 5.74) is 2.13. The number of aromatic nitrogens is 2. The first kappa shape index (κ1) is 23.1. The van der Waals surface area contributed by atoms with Crippen LogP contribution >= 0.6 is 23.2 Å². The Balaban J connectivity index is 1.47. The Hall–Kier alpha value is -2.65. The number of ether oxygens (including phenoxy) is 2. The molecule has 178 valence electrons. The van der Waals surface area contributed by atoms with E-state index in [0.29, 0.717) is 41.7 Å². The summed E-state index contributed by atoms with van der Waals surface area (Å²) >= 11 is 12.8. The van der Waals surface area contributed by atoms with Crippen molar-refractivity contribution in [2.45, 2.75) is 31.1 Å². The van der Waals surface area contributed by atoms with E-state index in [9.17, 15) is 9.90 Å². The van der Waals surface area contributed by atoms with Crippen LogP contribution in [0.25, 0.3) is 5.69 Å². The van der Waals surface area contributed by atoms with Gasteiger partial charge in [0, 0.05) is 47.2 Å². The molecular formula is C24H22Cl2FN3O4. The average molecular weight is 506 g/mol. The Morgan fingerprint density at radius 3 is 2.79 bits per heavy atom. The molecule has 0 bridgehead atoms. The van der Waals surface area contributed by atoms with Crippen LogP contribution in [-0.2, 0) is 11.2 Å². The molecule has 1 fully saturated rings. The van der Waals surface area contributed by atoms with Gasteiger partial charge < -0.3 is 14.6 Å². The number of benzene rings is 2. The van der Waals surface area contributed by atoms with Crippen molar-refractivity contribution in [2.24, 2.45) is 0 Å². The molecule has 1 saturated heterocycles. The number of aliphatic hydroxyl groups excluding tert-OH is 1. The van der Waals surface area contributed by atoms with Gasteiger partial charge in [-0.1, -0.05) is 23.2 Å². The predicted octanol–water partition coefficient (Wildman–Crippen LogP) is 4.22. The maximum absolute atomic E-state index is 15.2. The molecular weight excluding hydrogens is 484 g/mol. The van der Waals surface area contributed by atoms with Gasteiger partial charge in [0.15, 0.2) is 11.6 Å². The number of hydrogen-bond donors (Lipinski definition) is 1. The van der Waals surface area contributed by atoms with E-state index < -0.39 is 24.0 Å². The minimum atomic E-state index is -0.627. The molecule has 1 N–H and O–H groups in total. The van der Waals surface area contributed by atoms with Crippen molar-refractivity contribution in [2.75, 3.05) is 20.2 Å². The molecule has 5 rings (SSSR count). The van der Waals surface area contributed by atoms with Gasteiger partial charge >= 0.3 is 5.97 Å². The quantitative estimate of drug-likeness (QED) is 0.523. The van der Waals surface area contributed by atoms with Gasteiger partial charge in [-0.3, -0.25) is 9.47 Å². The van der Waals surface area contributed by atoms with Crippen LogP contribution in [0.5, 0.6) is 5.75 Å². The lowest BCUT2D eigenvalue weighted by Gasteiger charge is -2.30. The molecule has 0 spiro atoms. The predicted molar refractivity (Wildman–Crippen MR) is 124 cm³/mol. The topological polar surface area (TPSA) is 76.8 Å². The smallest absolute Gasteiger partial charge is 0.374 e.